The smallest absolute Gasteiger partial charge is 0.307 e. The number of carbonyl (C=O) groups is 1. The molecular weight excluding hydrogens is 280 g/mol. The largest absolute Gasteiger partial charge is 0.481 e. The van der Waals surface area contributed by atoms with E-state index in [2.05, 4.69) is 10.3 Å². The molecule has 1 aliphatic heterocycles. The van der Waals surface area contributed by atoms with Crippen molar-refractivity contribution in [2.75, 3.05) is 13.1 Å². The van der Waals surface area contributed by atoms with Gasteiger partial charge in [0.25, 0.3) is 0 Å². The number of aliphatic carboxylic acids is 1. The van der Waals surface area contributed by atoms with Gasteiger partial charge in [-0.2, -0.15) is 5.26 Å². The fourth-order valence-electron chi connectivity index (χ4n) is 2.77. The Morgan fingerprint density at radius 3 is 3.05 bits per heavy atom. The molecule has 0 radical (unpaired) electrons. The molecule has 6 heteroatoms. The van der Waals surface area contributed by atoms with E-state index in [1.54, 1.807) is 6.07 Å². The fraction of sp³-hybridized carbons (Fsp3) is 0.438. The molecule has 2 atom stereocenters. The van der Waals surface area contributed by atoms with E-state index in [-0.39, 0.29) is 18.2 Å². The topological polar surface area (TPSA) is 112 Å². The quantitative estimate of drug-likeness (QED) is 0.543. The number of carboxylic acids is 1. The van der Waals surface area contributed by atoms with E-state index in [1.165, 1.54) is 0 Å². The van der Waals surface area contributed by atoms with Gasteiger partial charge in [-0.05, 0) is 49.5 Å². The van der Waals surface area contributed by atoms with Crippen LogP contribution in [0.3, 0.4) is 0 Å². The molecule has 1 aromatic rings. The van der Waals surface area contributed by atoms with Crippen LogP contribution in [-0.4, -0.2) is 30.0 Å². The van der Waals surface area contributed by atoms with E-state index in [1.807, 2.05) is 24.3 Å². The molecule has 1 fully saturated rings. The van der Waals surface area contributed by atoms with E-state index in [0.717, 1.165) is 25.1 Å². The van der Waals surface area contributed by atoms with Crippen molar-refractivity contribution in [3.05, 3.63) is 29.8 Å². The van der Waals surface area contributed by atoms with Gasteiger partial charge in [0, 0.05) is 0 Å². The van der Waals surface area contributed by atoms with Gasteiger partial charge in [0.15, 0.2) is 0 Å². The molecule has 0 aromatic heterocycles. The molecular formula is C16H20N4O2. The molecule has 0 amide bonds. The van der Waals surface area contributed by atoms with Crippen molar-refractivity contribution < 1.29 is 9.90 Å². The first-order valence-electron chi connectivity index (χ1n) is 7.32. The summed E-state index contributed by atoms with van der Waals surface area (Å²) in [5.41, 5.74) is 7.21. The SMILES string of the molecule is N#CCC(N)=Nc1cccc(C[C@H](C(=O)O)[C@H]2CCNC2)c1. The maximum Gasteiger partial charge on any atom is 0.307 e. The molecule has 1 aliphatic rings. The Labute approximate surface area is 129 Å². The lowest BCUT2D eigenvalue weighted by Gasteiger charge is -2.18. The first-order valence-corrected chi connectivity index (χ1v) is 7.32. The highest BCUT2D eigenvalue weighted by Gasteiger charge is 2.30. The summed E-state index contributed by atoms with van der Waals surface area (Å²) in [6, 6.07) is 9.31. The molecule has 116 valence electrons. The summed E-state index contributed by atoms with van der Waals surface area (Å²) >= 11 is 0. The summed E-state index contributed by atoms with van der Waals surface area (Å²) in [5.74, 6) is -0.736. The Bertz CT molecular complexity index is 600. The number of benzene rings is 1. The summed E-state index contributed by atoms with van der Waals surface area (Å²) in [6.45, 7) is 1.63. The van der Waals surface area contributed by atoms with Crippen molar-refractivity contribution in [2.45, 2.75) is 19.3 Å². The molecule has 1 heterocycles. The van der Waals surface area contributed by atoms with Crippen LogP contribution in [0.1, 0.15) is 18.4 Å². The number of carboxylic acid groups (broad SMARTS) is 1. The van der Waals surface area contributed by atoms with Gasteiger partial charge in [-0.1, -0.05) is 12.1 Å². The molecule has 2 rings (SSSR count). The molecule has 0 saturated carbocycles. The molecule has 22 heavy (non-hydrogen) atoms. The molecule has 6 nitrogen and oxygen atoms in total. The van der Waals surface area contributed by atoms with Crippen LogP contribution in [0.25, 0.3) is 0 Å². The van der Waals surface area contributed by atoms with Gasteiger partial charge in [-0.25, -0.2) is 4.99 Å². The van der Waals surface area contributed by atoms with Gasteiger partial charge in [0.2, 0.25) is 0 Å². The number of nitriles is 1. The number of nitrogens with zero attached hydrogens (tertiary/aromatic N) is 2. The molecule has 0 aliphatic carbocycles. The van der Waals surface area contributed by atoms with Crippen LogP contribution in [-0.2, 0) is 11.2 Å². The number of amidine groups is 1. The van der Waals surface area contributed by atoms with Crippen LogP contribution in [0.2, 0.25) is 0 Å². The first kappa shape index (κ1) is 16.0. The highest BCUT2D eigenvalue weighted by atomic mass is 16.4. The third-order valence-electron chi connectivity index (χ3n) is 3.88. The average molecular weight is 300 g/mol. The van der Waals surface area contributed by atoms with Crippen LogP contribution in [0.5, 0.6) is 0 Å². The maximum atomic E-state index is 11.5. The fourth-order valence-corrected chi connectivity index (χ4v) is 2.77. The van der Waals surface area contributed by atoms with Crippen molar-refractivity contribution in [1.29, 1.82) is 5.26 Å². The molecule has 0 bridgehead atoms. The van der Waals surface area contributed by atoms with E-state index in [0.29, 0.717) is 12.1 Å². The average Bonchev–Trinajstić information content (AvgIpc) is 2.99. The zero-order valence-electron chi connectivity index (χ0n) is 12.3. The molecule has 0 unspecified atom stereocenters. The highest BCUT2D eigenvalue weighted by Crippen LogP contribution is 2.25. The second-order valence-electron chi connectivity index (χ2n) is 5.51. The second kappa shape index (κ2) is 7.57. The number of hydrogen-bond acceptors (Lipinski definition) is 4. The standard InChI is InChI=1S/C16H20N4O2/c17-6-4-15(18)20-13-3-1-2-11(8-13)9-14(16(21)22)12-5-7-19-10-12/h1-3,8,12,14,19H,4-5,7,9-10H2,(H2,18,20)(H,21,22)/t12-,14-/m0/s1. The zero-order valence-corrected chi connectivity index (χ0v) is 12.3. The number of hydrogen-bond donors (Lipinski definition) is 3. The van der Waals surface area contributed by atoms with Crippen molar-refractivity contribution >= 4 is 17.5 Å². The lowest BCUT2D eigenvalue weighted by atomic mass is 9.86. The number of aliphatic imine (C=N–C) groups is 1. The molecule has 1 saturated heterocycles. The summed E-state index contributed by atoms with van der Waals surface area (Å²) in [6.07, 6.45) is 1.45. The van der Waals surface area contributed by atoms with E-state index in [4.69, 9.17) is 11.0 Å². The maximum absolute atomic E-state index is 11.5. The number of nitrogens with two attached hydrogens (primary N) is 1. The number of nitrogens with one attached hydrogen (secondary N) is 1. The third-order valence-corrected chi connectivity index (χ3v) is 3.88. The lowest BCUT2D eigenvalue weighted by Crippen LogP contribution is -2.27. The normalized spacial score (nSPS) is 19.6. The summed E-state index contributed by atoms with van der Waals surface area (Å²) < 4.78 is 0. The highest BCUT2D eigenvalue weighted by molar-refractivity contribution is 5.84. The van der Waals surface area contributed by atoms with Crippen LogP contribution >= 0.6 is 0 Å². The Kier molecular flexibility index (Phi) is 5.50. The number of rotatable bonds is 6. The molecule has 1 aromatic carbocycles. The van der Waals surface area contributed by atoms with Gasteiger partial charge in [-0.3, -0.25) is 4.79 Å². The summed E-state index contributed by atoms with van der Waals surface area (Å²) in [5, 5.41) is 21.3. The van der Waals surface area contributed by atoms with E-state index >= 15 is 0 Å². The Morgan fingerprint density at radius 2 is 2.41 bits per heavy atom. The molecule has 0 spiro atoms. The minimum atomic E-state index is -0.758. The van der Waals surface area contributed by atoms with Crippen LogP contribution in [0.4, 0.5) is 5.69 Å². The van der Waals surface area contributed by atoms with Crippen molar-refractivity contribution in [1.82, 2.24) is 5.32 Å². The lowest BCUT2D eigenvalue weighted by molar-refractivity contribution is -0.143. The van der Waals surface area contributed by atoms with Gasteiger partial charge in [-0.15, -0.1) is 0 Å². The predicted octanol–water partition coefficient (Wildman–Crippen LogP) is 1.44. The van der Waals surface area contributed by atoms with E-state index < -0.39 is 11.9 Å². The van der Waals surface area contributed by atoms with Crippen LogP contribution in [0, 0.1) is 23.2 Å². The van der Waals surface area contributed by atoms with Gasteiger partial charge in [0.1, 0.15) is 5.84 Å². The minimum absolute atomic E-state index is 0.0791. The van der Waals surface area contributed by atoms with Crippen molar-refractivity contribution in [3.8, 4) is 6.07 Å². The minimum Gasteiger partial charge on any atom is -0.481 e. The predicted molar refractivity (Wildman–Crippen MR) is 83.8 cm³/mol. The third kappa shape index (κ3) is 4.30. The Morgan fingerprint density at radius 1 is 1.59 bits per heavy atom. The Hall–Kier alpha value is -2.39. The van der Waals surface area contributed by atoms with Crippen molar-refractivity contribution in [2.24, 2.45) is 22.6 Å². The van der Waals surface area contributed by atoms with Crippen LogP contribution < -0.4 is 11.1 Å². The Balaban J connectivity index is 2.13. The second-order valence-corrected chi connectivity index (χ2v) is 5.51. The first-order chi connectivity index (χ1) is 10.6. The van der Waals surface area contributed by atoms with Gasteiger partial charge < -0.3 is 16.2 Å². The van der Waals surface area contributed by atoms with Crippen LogP contribution in [0.15, 0.2) is 29.3 Å². The zero-order chi connectivity index (χ0) is 15.9. The van der Waals surface area contributed by atoms with Gasteiger partial charge in [0.05, 0.1) is 24.1 Å². The summed E-state index contributed by atoms with van der Waals surface area (Å²) in [4.78, 5) is 15.7. The summed E-state index contributed by atoms with van der Waals surface area (Å²) in [7, 11) is 0. The monoisotopic (exact) mass is 300 g/mol. The van der Waals surface area contributed by atoms with E-state index in [9.17, 15) is 9.90 Å². The van der Waals surface area contributed by atoms with Crippen molar-refractivity contribution in [3.63, 3.8) is 0 Å². The molecule has 4 N–H and O–H groups in total. The van der Waals surface area contributed by atoms with Gasteiger partial charge >= 0.3 is 5.97 Å².